The summed E-state index contributed by atoms with van der Waals surface area (Å²) < 4.78 is 5.18. The summed E-state index contributed by atoms with van der Waals surface area (Å²) in [6, 6.07) is 15.4. The molecule has 0 atom stereocenters. The number of ether oxygens (including phenoxy) is 1. The van der Waals surface area contributed by atoms with E-state index in [-0.39, 0.29) is 5.91 Å². The van der Waals surface area contributed by atoms with Gasteiger partial charge in [-0.1, -0.05) is 24.3 Å². The van der Waals surface area contributed by atoms with Gasteiger partial charge in [0.2, 0.25) is 11.9 Å². The van der Waals surface area contributed by atoms with Gasteiger partial charge >= 0.3 is 0 Å². The molecule has 0 aliphatic rings. The fraction of sp³-hybridized carbons (Fsp3) is 0.176. The average Bonchev–Trinajstić information content (AvgIpc) is 2.95. The van der Waals surface area contributed by atoms with Crippen LogP contribution >= 0.6 is 0 Å². The molecule has 1 aromatic heterocycles. The van der Waals surface area contributed by atoms with Crippen LogP contribution in [0, 0.1) is 0 Å². The van der Waals surface area contributed by atoms with E-state index in [1.807, 2.05) is 48.5 Å². The summed E-state index contributed by atoms with van der Waals surface area (Å²) in [7, 11) is 1.63. The number of aromatic amines is 1. The van der Waals surface area contributed by atoms with Gasteiger partial charge in [0, 0.05) is 6.42 Å². The van der Waals surface area contributed by atoms with Gasteiger partial charge in [-0.3, -0.25) is 10.1 Å². The number of nitrogens with zero attached hydrogens (tertiary/aromatic N) is 1. The van der Waals surface area contributed by atoms with Crippen LogP contribution in [0.3, 0.4) is 0 Å². The number of carbonyl (C=O) groups excluding carboxylic acids is 1. The molecule has 0 unspecified atom stereocenters. The summed E-state index contributed by atoms with van der Waals surface area (Å²) in [6.45, 7) is 0. The number of hydrogen-bond donors (Lipinski definition) is 2. The quantitative estimate of drug-likeness (QED) is 0.760. The van der Waals surface area contributed by atoms with Crippen LogP contribution in [0.25, 0.3) is 11.0 Å². The Hall–Kier alpha value is -2.82. The van der Waals surface area contributed by atoms with E-state index in [9.17, 15) is 4.79 Å². The number of anilines is 1. The number of para-hydroxylation sites is 2. The number of methoxy groups -OCH3 is 1. The molecule has 2 aromatic carbocycles. The van der Waals surface area contributed by atoms with E-state index in [4.69, 9.17) is 4.74 Å². The predicted octanol–water partition coefficient (Wildman–Crippen LogP) is 3.14. The summed E-state index contributed by atoms with van der Waals surface area (Å²) in [5.74, 6) is 1.22. The van der Waals surface area contributed by atoms with Crippen molar-refractivity contribution < 1.29 is 9.53 Å². The van der Waals surface area contributed by atoms with E-state index in [1.165, 1.54) is 0 Å². The molecule has 1 amide bonds. The lowest BCUT2D eigenvalue weighted by molar-refractivity contribution is -0.116. The molecular weight excluding hydrogens is 278 g/mol. The second-order valence-electron chi connectivity index (χ2n) is 5.00. The minimum Gasteiger partial charge on any atom is -0.497 e. The van der Waals surface area contributed by atoms with Crippen molar-refractivity contribution in [3.63, 3.8) is 0 Å². The molecule has 0 radical (unpaired) electrons. The van der Waals surface area contributed by atoms with Crippen molar-refractivity contribution in [1.82, 2.24) is 9.97 Å². The third-order valence-corrected chi connectivity index (χ3v) is 3.42. The highest BCUT2D eigenvalue weighted by Gasteiger charge is 2.07. The SMILES string of the molecule is COc1cccc(CCC(=O)Nc2nc3ccccc3[nH]2)c1. The van der Waals surface area contributed by atoms with Crippen molar-refractivity contribution in [1.29, 1.82) is 0 Å². The van der Waals surface area contributed by atoms with Crippen LogP contribution in [0.2, 0.25) is 0 Å². The van der Waals surface area contributed by atoms with Crippen LogP contribution in [-0.4, -0.2) is 23.0 Å². The van der Waals surface area contributed by atoms with Gasteiger partial charge in [0.05, 0.1) is 18.1 Å². The number of carbonyl (C=O) groups is 1. The maximum atomic E-state index is 12.0. The van der Waals surface area contributed by atoms with Crippen molar-refractivity contribution in [3.05, 3.63) is 54.1 Å². The molecule has 112 valence electrons. The molecule has 3 rings (SSSR count). The fourth-order valence-electron chi connectivity index (χ4n) is 2.29. The van der Waals surface area contributed by atoms with Gasteiger partial charge in [-0.25, -0.2) is 4.98 Å². The first-order valence-corrected chi connectivity index (χ1v) is 7.12. The van der Waals surface area contributed by atoms with Gasteiger partial charge in [0.15, 0.2) is 0 Å². The highest BCUT2D eigenvalue weighted by atomic mass is 16.5. The Balaban J connectivity index is 1.60. The maximum Gasteiger partial charge on any atom is 0.227 e. The lowest BCUT2D eigenvalue weighted by Crippen LogP contribution is -2.13. The van der Waals surface area contributed by atoms with E-state index in [1.54, 1.807) is 7.11 Å². The molecule has 3 aromatic rings. The van der Waals surface area contributed by atoms with E-state index in [2.05, 4.69) is 15.3 Å². The Morgan fingerprint density at radius 1 is 1.23 bits per heavy atom. The predicted molar refractivity (Wildman–Crippen MR) is 86.0 cm³/mol. The Kier molecular flexibility index (Phi) is 4.05. The molecule has 0 aliphatic heterocycles. The second-order valence-corrected chi connectivity index (χ2v) is 5.00. The lowest BCUT2D eigenvalue weighted by atomic mass is 10.1. The molecule has 0 spiro atoms. The minimum absolute atomic E-state index is 0.0677. The number of aryl methyl sites for hydroxylation is 1. The second kappa shape index (κ2) is 6.30. The first-order chi connectivity index (χ1) is 10.7. The van der Waals surface area contributed by atoms with Crippen molar-refractivity contribution in [2.24, 2.45) is 0 Å². The molecule has 0 aliphatic carbocycles. The molecule has 5 nitrogen and oxygen atoms in total. The number of H-pyrrole nitrogens is 1. The van der Waals surface area contributed by atoms with E-state index >= 15 is 0 Å². The Bertz CT molecular complexity index is 762. The smallest absolute Gasteiger partial charge is 0.227 e. The molecule has 0 bridgehead atoms. The van der Waals surface area contributed by atoms with Crippen LogP contribution in [0.15, 0.2) is 48.5 Å². The van der Waals surface area contributed by atoms with Gasteiger partial charge in [0.1, 0.15) is 5.75 Å². The monoisotopic (exact) mass is 295 g/mol. The van der Waals surface area contributed by atoms with Crippen molar-refractivity contribution in [2.75, 3.05) is 12.4 Å². The Morgan fingerprint density at radius 2 is 2.09 bits per heavy atom. The third-order valence-electron chi connectivity index (χ3n) is 3.42. The van der Waals surface area contributed by atoms with E-state index in [0.717, 1.165) is 22.3 Å². The van der Waals surface area contributed by atoms with E-state index in [0.29, 0.717) is 18.8 Å². The number of amides is 1. The molecule has 5 heteroatoms. The van der Waals surface area contributed by atoms with Gasteiger partial charge in [0.25, 0.3) is 0 Å². The van der Waals surface area contributed by atoms with E-state index < -0.39 is 0 Å². The average molecular weight is 295 g/mol. The standard InChI is InChI=1S/C17H17N3O2/c1-22-13-6-4-5-12(11-13)9-10-16(21)20-17-18-14-7-2-3-8-15(14)19-17/h2-8,11H,9-10H2,1H3,(H2,18,19,20,21). The zero-order chi connectivity index (χ0) is 15.4. The van der Waals surface area contributed by atoms with Gasteiger partial charge < -0.3 is 9.72 Å². The Labute approximate surface area is 128 Å². The van der Waals surface area contributed by atoms with Gasteiger partial charge in [-0.2, -0.15) is 0 Å². The summed E-state index contributed by atoms with van der Waals surface area (Å²) >= 11 is 0. The zero-order valence-electron chi connectivity index (χ0n) is 12.3. The van der Waals surface area contributed by atoms with Crippen LogP contribution in [0.4, 0.5) is 5.95 Å². The lowest BCUT2D eigenvalue weighted by Gasteiger charge is -2.04. The largest absolute Gasteiger partial charge is 0.497 e. The van der Waals surface area contributed by atoms with Crippen LogP contribution in [0.5, 0.6) is 5.75 Å². The minimum atomic E-state index is -0.0677. The highest BCUT2D eigenvalue weighted by Crippen LogP contribution is 2.15. The number of fused-ring (bicyclic) bond motifs is 1. The molecule has 0 saturated heterocycles. The molecule has 0 saturated carbocycles. The summed E-state index contributed by atoms with van der Waals surface area (Å²) in [6.07, 6.45) is 1.05. The Morgan fingerprint density at radius 3 is 2.91 bits per heavy atom. The number of imidazole rings is 1. The summed E-state index contributed by atoms with van der Waals surface area (Å²) in [5.41, 5.74) is 2.82. The highest BCUT2D eigenvalue weighted by molar-refractivity contribution is 5.91. The first kappa shape index (κ1) is 14.1. The number of nitrogens with one attached hydrogen (secondary N) is 2. The molecular formula is C17H17N3O2. The molecule has 2 N–H and O–H groups in total. The summed E-state index contributed by atoms with van der Waals surface area (Å²) in [4.78, 5) is 19.4. The molecule has 1 heterocycles. The summed E-state index contributed by atoms with van der Waals surface area (Å²) in [5, 5.41) is 2.79. The van der Waals surface area contributed by atoms with Crippen molar-refractivity contribution in [2.45, 2.75) is 12.8 Å². The maximum absolute atomic E-state index is 12.0. The zero-order valence-corrected chi connectivity index (χ0v) is 12.3. The number of hydrogen-bond acceptors (Lipinski definition) is 3. The van der Waals surface area contributed by atoms with Crippen molar-refractivity contribution >= 4 is 22.9 Å². The molecule has 0 fully saturated rings. The van der Waals surface area contributed by atoms with Gasteiger partial charge in [-0.15, -0.1) is 0 Å². The molecule has 22 heavy (non-hydrogen) atoms. The number of aromatic nitrogens is 2. The first-order valence-electron chi connectivity index (χ1n) is 7.12. The number of rotatable bonds is 5. The fourth-order valence-corrected chi connectivity index (χ4v) is 2.29. The van der Waals surface area contributed by atoms with Crippen LogP contribution in [0.1, 0.15) is 12.0 Å². The van der Waals surface area contributed by atoms with Crippen LogP contribution < -0.4 is 10.1 Å². The van der Waals surface area contributed by atoms with Crippen molar-refractivity contribution in [3.8, 4) is 5.75 Å². The third kappa shape index (κ3) is 3.25. The van der Waals surface area contributed by atoms with Crippen LogP contribution in [-0.2, 0) is 11.2 Å². The van der Waals surface area contributed by atoms with Gasteiger partial charge in [-0.05, 0) is 36.2 Å². The number of benzene rings is 2. The normalized spacial score (nSPS) is 10.6. The topological polar surface area (TPSA) is 67.0 Å².